The fraction of sp³-hybridized carbons (Fsp3) is 0.438. The van der Waals surface area contributed by atoms with Crippen LogP contribution >= 0.6 is 31.2 Å². The van der Waals surface area contributed by atoms with Crippen molar-refractivity contribution in [1.29, 1.82) is 0 Å². The van der Waals surface area contributed by atoms with Crippen molar-refractivity contribution in [3.05, 3.63) is 218 Å². The Kier molecular flexibility index (Phi) is 28.7. The van der Waals surface area contributed by atoms with Crippen LogP contribution in [0.4, 0.5) is 101 Å². The number of imidazole rings is 4. The first-order chi connectivity index (χ1) is 47.4. The number of hydrogen-bond acceptors (Lipinski definition) is 4. The third-order valence-electron chi connectivity index (χ3n) is 15.1. The Labute approximate surface area is 586 Å². The Bertz CT molecular complexity index is 3160. The van der Waals surface area contributed by atoms with Gasteiger partial charge < -0.3 is 0 Å². The molecular weight excluding hydrogens is 1520 g/mol. The zero-order valence-electron chi connectivity index (χ0n) is 56.5. The minimum absolute atomic E-state index is 1.03. The Morgan fingerprint density at radius 3 is 0.538 bits per heavy atom. The van der Waals surface area contributed by atoms with E-state index < -0.39 is 31.2 Å². The first-order valence-electron chi connectivity index (χ1n) is 32.9. The number of rotatable bonds is 8. The van der Waals surface area contributed by atoms with Gasteiger partial charge in [-0.25, -0.2) is 36.5 Å². The Balaban J connectivity index is 0.000000274. The maximum absolute atomic E-state index is 10.7. The first-order valence-corrected chi connectivity index (χ1v) is 41.0. The van der Waals surface area contributed by atoms with Gasteiger partial charge >= 0.3 is 132 Å². The molecule has 4 aromatic carbocycles. The van der Waals surface area contributed by atoms with E-state index in [-0.39, 0.29) is 0 Å². The predicted octanol–water partition coefficient (Wildman–Crippen LogP) is 21.8. The SMILES string of the molecule is F[P-](F)(F)(F)(F)F.F[P-](F)(F)(F)(F)F.F[P-](F)(F)(F)(F)F.F[P-](F)(F)(F)(F)F.c1ccc(CN2CCCn3cc[n+](c3)CCCN(Cc3ccccc3)CCC[n+]3ccn(c3)CCC2)cc1.c1ccc(CN2CCCn3cc[n+](c3)CCCN(Cc3ccccc3)CCC[n+]3ccn(c3)CCC2)cc1. The molecule has 0 aliphatic carbocycles. The van der Waals surface area contributed by atoms with Gasteiger partial charge in [0.2, 0.25) is 25.3 Å². The van der Waals surface area contributed by atoms with Crippen LogP contribution in [-0.2, 0) is 78.5 Å². The van der Waals surface area contributed by atoms with Crippen LogP contribution in [0.3, 0.4) is 0 Å². The van der Waals surface area contributed by atoms with E-state index in [4.69, 9.17) is 0 Å². The molecular formula is C64H88F24N12P4. The number of halogens is 24. The molecule has 0 radical (unpaired) electrons. The number of fused-ring (bicyclic) bond motifs is 8. The van der Waals surface area contributed by atoms with Crippen molar-refractivity contribution < 1.29 is 119 Å². The quantitative estimate of drug-likeness (QED) is 0.0864. The molecule has 0 N–H and O–H groups in total. The van der Waals surface area contributed by atoms with Crippen molar-refractivity contribution in [2.24, 2.45) is 0 Å². The van der Waals surface area contributed by atoms with E-state index in [2.05, 4.69) is 252 Å². The third kappa shape index (κ3) is 54.2. The van der Waals surface area contributed by atoms with Gasteiger partial charge in [0, 0.05) is 78.5 Å². The zero-order chi connectivity index (χ0) is 77.3. The summed E-state index contributed by atoms with van der Waals surface area (Å²) in [4.78, 5) is 10.5. The fourth-order valence-electron chi connectivity index (χ4n) is 11.1. The van der Waals surface area contributed by atoms with Crippen LogP contribution in [0.5, 0.6) is 0 Å². The summed E-state index contributed by atoms with van der Waals surface area (Å²) >= 11 is 0. The molecule has 0 saturated carbocycles. The maximum atomic E-state index is 9.87. The van der Waals surface area contributed by atoms with Gasteiger partial charge in [-0.3, -0.25) is 19.6 Å². The van der Waals surface area contributed by atoms with E-state index >= 15 is 0 Å². The molecule has 592 valence electrons. The molecule has 6 heterocycles. The Hall–Kier alpha value is -6.40. The second kappa shape index (κ2) is 33.8. The Morgan fingerprint density at radius 2 is 0.375 bits per heavy atom. The van der Waals surface area contributed by atoms with Gasteiger partial charge in [0.15, 0.2) is 0 Å². The number of nitrogens with zero attached hydrogens (tertiary/aromatic N) is 12. The maximum Gasteiger partial charge on any atom is 0.243 e. The van der Waals surface area contributed by atoms with E-state index in [1.807, 2.05) is 0 Å². The monoisotopic (exact) mass is 1600 g/mol. The molecule has 40 heteroatoms. The molecule has 2 aliphatic heterocycles. The molecule has 10 rings (SSSR count). The van der Waals surface area contributed by atoms with Gasteiger partial charge in [0.05, 0.1) is 52.4 Å². The minimum atomic E-state index is -10.7. The molecule has 2 aliphatic rings. The van der Waals surface area contributed by atoms with E-state index in [1.54, 1.807) is 0 Å². The molecule has 104 heavy (non-hydrogen) atoms. The molecule has 0 atom stereocenters. The minimum Gasteiger partial charge on any atom is -0.299 e. The van der Waals surface area contributed by atoms with Gasteiger partial charge in [-0.2, -0.15) is 0 Å². The predicted molar refractivity (Wildman–Crippen MR) is 357 cm³/mol. The Morgan fingerprint density at radius 1 is 0.221 bits per heavy atom. The van der Waals surface area contributed by atoms with Crippen molar-refractivity contribution in [2.75, 3.05) is 52.4 Å². The van der Waals surface area contributed by atoms with Crippen LogP contribution in [0, 0.1) is 0 Å². The molecule has 8 bridgehead atoms. The summed E-state index contributed by atoms with van der Waals surface area (Å²) in [6, 6.07) is 43.7. The number of hydrogen-bond donors (Lipinski definition) is 0. The first kappa shape index (κ1) is 88.2. The summed E-state index contributed by atoms with van der Waals surface area (Å²) in [6.07, 6.45) is 36.4. The zero-order valence-corrected chi connectivity index (χ0v) is 60.1. The van der Waals surface area contributed by atoms with Gasteiger partial charge in [-0.05, 0) is 73.6 Å². The van der Waals surface area contributed by atoms with Crippen LogP contribution in [0.1, 0.15) is 73.6 Å². The number of aryl methyl sites for hydroxylation is 8. The second-order valence-corrected chi connectivity index (χ2v) is 32.9. The summed E-state index contributed by atoms with van der Waals surface area (Å²) in [6.45, 7) is 21.6. The van der Waals surface area contributed by atoms with Crippen molar-refractivity contribution >= 4 is 31.2 Å². The van der Waals surface area contributed by atoms with Gasteiger partial charge in [-0.1, -0.05) is 121 Å². The van der Waals surface area contributed by atoms with Crippen LogP contribution in [0.25, 0.3) is 0 Å². The van der Waals surface area contributed by atoms with Gasteiger partial charge in [0.1, 0.15) is 49.6 Å². The average molecular weight is 1610 g/mol. The normalized spacial score (nSPS) is 18.8. The summed E-state index contributed by atoms with van der Waals surface area (Å²) in [5.41, 5.74) is 5.61. The molecule has 12 nitrogen and oxygen atoms in total. The average Bonchev–Trinajstić information content (AvgIpc) is 0.875. The second-order valence-electron chi connectivity index (χ2n) is 25.3. The summed E-state index contributed by atoms with van der Waals surface area (Å²) in [5.74, 6) is 0. The van der Waals surface area contributed by atoms with Crippen molar-refractivity contribution in [3.63, 3.8) is 0 Å². The van der Waals surface area contributed by atoms with E-state index in [9.17, 15) is 101 Å². The van der Waals surface area contributed by atoms with E-state index in [1.165, 1.54) is 22.3 Å². The van der Waals surface area contributed by atoms with Gasteiger partial charge in [-0.15, -0.1) is 0 Å². The summed E-state index contributed by atoms with van der Waals surface area (Å²) in [7, 11) is -42.6. The number of benzene rings is 4. The fourth-order valence-corrected chi connectivity index (χ4v) is 11.1. The molecule has 8 aromatic rings. The van der Waals surface area contributed by atoms with Crippen molar-refractivity contribution in [1.82, 2.24) is 37.9 Å². The van der Waals surface area contributed by atoms with E-state index in [0.29, 0.717) is 0 Å². The van der Waals surface area contributed by atoms with E-state index in [0.717, 1.165) is 182 Å². The van der Waals surface area contributed by atoms with Crippen LogP contribution in [-0.4, -0.2) is 90.2 Å². The number of aromatic nitrogens is 8. The van der Waals surface area contributed by atoms with Crippen molar-refractivity contribution in [2.45, 2.75) is 130 Å². The smallest absolute Gasteiger partial charge is 0.243 e. The molecule has 0 amide bonds. The standard InChI is InChI=1S/2C32H44N6.4F6P/c2*1-3-11-31(12-4-1)27-33-15-7-19-35-23-25-37(29-35)21-9-17-34(28-32-13-5-2-6-14-32)18-10-22-38-26-24-36(30-38)20-8-16-33;4*1-7(2,3,4,5)6/h2*1-6,11-14,23-26,29-30H,7-10,15-22,27-28H2;;;;/q2*+2;4*-1. The largest absolute Gasteiger partial charge is 0.299 e. The molecule has 0 fully saturated rings. The van der Waals surface area contributed by atoms with Crippen LogP contribution in [0.2, 0.25) is 0 Å². The summed E-state index contributed by atoms with van der Waals surface area (Å²) < 4.78 is 256. The third-order valence-corrected chi connectivity index (χ3v) is 15.1. The van der Waals surface area contributed by atoms with Crippen LogP contribution in [0.15, 0.2) is 196 Å². The molecule has 0 saturated heterocycles. The molecule has 4 aromatic heterocycles. The summed E-state index contributed by atoms with van der Waals surface area (Å²) in [5, 5.41) is 0. The van der Waals surface area contributed by atoms with Crippen LogP contribution < -0.4 is 18.3 Å². The van der Waals surface area contributed by atoms with Crippen molar-refractivity contribution in [3.8, 4) is 0 Å². The molecule has 0 unspecified atom stereocenters. The topological polar surface area (TPSA) is 48.2 Å². The van der Waals surface area contributed by atoms with Gasteiger partial charge in [0.25, 0.3) is 0 Å². The molecule has 0 spiro atoms.